The zero-order valence-electron chi connectivity index (χ0n) is 12.0. The Hall–Kier alpha value is -2.04. The minimum absolute atomic E-state index is 0.0102. The van der Waals surface area contributed by atoms with E-state index in [2.05, 4.69) is 10.1 Å². The zero-order valence-corrected chi connectivity index (χ0v) is 12.0. The fourth-order valence-electron chi connectivity index (χ4n) is 2.93. The third-order valence-electron chi connectivity index (χ3n) is 4.12. The van der Waals surface area contributed by atoms with Crippen LogP contribution in [0.4, 0.5) is 0 Å². The van der Waals surface area contributed by atoms with Crippen LogP contribution in [0.2, 0.25) is 0 Å². The van der Waals surface area contributed by atoms with E-state index in [9.17, 15) is 10.2 Å². The van der Waals surface area contributed by atoms with Gasteiger partial charge in [0, 0.05) is 12.0 Å². The third kappa shape index (κ3) is 3.17. The number of phenolic OH excluding ortho intramolecular Hbond substituents is 2. The van der Waals surface area contributed by atoms with Gasteiger partial charge < -0.3 is 14.7 Å². The first-order chi connectivity index (χ1) is 10.2. The Morgan fingerprint density at radius 3 is 2.43 bits per heavy atom. The van der Waals surface area contributed by atoms with Crippen molar-refractivity contribution in [1.82, 2.24) is 10.1 Å². The molecule has 0 saturated heterocycles. The van der Waals surface area contributed by atoms with Crippen LogP contribution in [0.5, 0.6) is 11.5 Å². The van der Waals surface area contributed by atoms with Gasteiger partial charge >= 0.3 is 0 Å². The predicted molar refractivity (Wildman–Crippen MR) is 78.1 cm³/mol. The summed E-state index contributed by atoms with van der Waals surface area (Å²) in [5.41, 5.74) is 0.456. The van der Waals surface area contributed by atoms with Crippen molar-refractivity contribution in [2.24, 2.45) is 0 Å². The summed E-state index contributed by atoms with van der Waals surface area (Å²) in [5, 5.41) is 23.3. The smallest absolute Gasteiger partial charge is 0.261 e. The minimum atomic E-state index is -0.0529. The Kier molecular flexibility index (Phi) is 4.08. The molecule has 1 heterocycles. The second-order valence-electron chi connectivity index (χ2n) is 5.70. The Balaban J connectivity index is 1.81. The van der Waals surface area contributed by atoms with E-state index in [1.54, 1.807) is 6.07 Å². The average Bonchev–Trinajstić information content (AvgIpc) is 2.87. The van der Waals surface area contributed by atoms with Crippen LogP contribution in [-0.2, 0) is 0 Å². The number of benzene rings is 1. The number of hydrogen-bond acceptors (Lipinski definition) is 5. The van der Waals surface area contributed by atoms with Gasteiger partial charge in [-0.25, -0.2) is 0 Å². The first-order valence-electron chi connectivity index (χ1n) is 7.60. The zero-order chi connectivity index (χ0) is 14.7. The molecule has 0 unspecified atom stereocenters. The van der Waals surface area contributed by atoms with E-state index < -0.39 is 0 Å². The molecule has 1 aromatic heterocycles. The summed E-state index contributed by atoms with van der Waals surface area (Å²) in [5.74, 6) is 1.35. The summed E-state index contributed by atoms with van der Waals surface area (Å²) < 4.78 is 5.29. The molecule has 2 N–H and O–H groups in total. The van der Waals surface area contributed by atoms with Crippen molar-refractivity contribution in [2.75, 3.05) is 0 Å². The normalized spacial score (nSPS) is 17.3. The highest BCUT2D eigenvalue weighted by Crippen LogP contribution is 2.34. The van der Waals surface area contributed by atoms with Gasteiger partial charge in [0.2, 0.25) is 0 Å². The second kappa shape index (κ2) is 6.16. The fourth-order valence-corrected chi connectivity index (χ4v) is 2.93. The highest BCUT2D eigenvalue weighted by molar-refractivity contribution is 5.63. The van der Waals surface area contributed by atoms with Gasteiger partial charge in [-0.2, -0.15) is 4.98 Å². The Morgan fingerprint density at radius 2 is 1.71 bits per heavy atom. The van der Waals surface area contributed by atoms with E-state index in [0.717, 1.165) is 18.7 Å². The van der Waals surface area contributed by atoms with Crippen LogP contribution in [0.25, 0.3) is 11.5 Å². The molecule has 1 saturated carbocycles. The largest absolute Gasteiger partial charge is 0.508 e. The van der Waals surface area contributed by atoms with Crippen molar-refractivity contribution < 1.29 is 14.7 Å². The van der Waals surface area contributed by atoms with E-state index in [-0.39, 0.29) is 11.5 Å². The lowest BCUT2D eigenvalue weighted by atomic mass is 9.91. The van der Waals surface area contributed by atoms with Gasteiger partial charge in [-0.1, -0.05) is 37.3 Å². The molecule has 0 radical (unpaired) electrons. The van der Waals surface area contributed by atoms with E-state index in [1.165, 1.54) is 44.2 Å². The maximum absolute atomic E-state index is 9.86. The number of phenols is 2. The first-order valence-corrected chi connectivity index (χ1v) is 7.60. The fraction of sp³-hybridized carbons (Fsp3) is 0.500. The van der Waals surface area contributed by atoms with E-state index >= 15 is 0 Å². The van der Waals surface area contributed by atoms with Gasteiger partial charge in [0.1, 0.15) is 11.5 Å². The maximum Gasteiger partial charge on any atom is 0.261 e. The number of aromatic hydroxyl groups is 2. The molecule has 21 heavy (non-hydrogen) atoms. The molecular formula is C16H20N2O3. The molecular weight excluding hydrogens is 268 g/mol. The maximum atomic E-state index is 9.86. The first kappa shape index (κ1) is 13.9. The van der Waals surface area contributed by atoms with Crippen molar-refractivity contribution in [3.05, 3.63) is 24.0 Å². The van der Waals surface area contributed by atoms with Crippen LogP contribution in [0.3, 0.4) is 0 Å². The lowest BCUT2D eigenvalue weighted by molar-refractivity contribution is 0.391. The van der Waals surface area contributed by atoms with Gasteiger partial charge in [-0.15, -0.1) is 0 Å². The van der Waals surface area contributed by atoms with Gasteiger partial charge in [-0.05, 0) is 25.0 Å². The van der Waals surface area contributed by atoms with Crippen molar-refractivity contribution >= 4 is 0 Å². The molecule has 1 fully saturated rings. The summed E-state index contributed by atoms with van der Waals surface area (Å²) in [7, 11) is 0. The average molecular weight is 288 g/mol. The van der Waals surface area contributed by atoms with E-state index in [4.69, 9.17) is 4.52 Å². The predicted octanol–water partition coefficient (Wildman–Crippen LogP) is 3.98. The number of nitrogens with zero attached hydrogens (tertiary/aromatic N) is 2. The summed E-state index contributed by atoms with van der Waals surface area (Å²) in [6.07, 6.45) is 8.49. The molecule has 3 rings (SSSR count). The molecule has 0 spiro atoms. The molecule has 5 heteroatoms. The Bertz CT molecular complexity index is 601. The van der Waals surface area contributed by atoms with Crippen LogP contribution in [0, 0.1) is 0 Å². The van der Waals surface area contributed by atoms with Crippen LogP contribution in [0.1, 0.15) is 56.7 Å². The molecule has 1 aliphatic carbocycles. The minimum Gasteiger partial charge on any atom is -0.508 e. The number of aromatic nitrogens is 2. The van der Waals surface area contributed by atoms with Crippen LogP contribution < -0.4 is 0 Å². The van der Waals surface area contributed by atoms with Crippen molar-refractivity contribution in [2.45, 2.75) is 50.9 Å². The second-order valence-corrected chi connectivity index (χ2v) is 5.70. The highest BCUT2D eigenvalue weighted by atomic mass is 16.5. The summed E-state index contributed by atoms with van der Waals surface area (Å²) in [6, 6.07) is 4.35. The van der Waals surface area contributed by atoms with Gasteiger partial charge in [0.15, 0.2) is 5.82 Å². The molecule has 0 atom stereocenters. The van der Waals surface area contributed by atoms with Gasteiger partial charge in [0.05, 0.1) is 5.56 Å². The number of hydrogen-bond donors (Lipinski definition) is 2. The quantitative estimate of drug-likeness (QED) is 0.873. The topological polar surface area (TPSA) is 79.4 Å². The molecule has 2 aromatic rings. The Labute approximate surface area is 123 Å². The van der Waals surface area contributed by atoms with Crippen LogP contribution in [0.15, 0.2) is 22.7 Å². The molecule has 1 aromatic carbocycles. The van der Waals surface area contributed by atoms with E-state index in [1.807, 2.05) is 0 Å². The molecule has 1 aliphatic rings. The van der Waals surface area contributed by atoms with Crippen LogP contribution in [-0.4, -0.2) is 20.4 Å². The molecule has 0 bridgehead atoms. The van der Waals surface area contributed by atoms with Crippen LogP contribution >= 0.6 is 0 Å². The van der Waals surface area contributed by atoms with Gasteiger partial charge in [-0.3, -0.25) is 0 Å². The lowest BCUT2D eigenvalue weighted by Gasteiger charge is -2.15. The summed E-state index contributed by atoms with van der Waals surface area (Å²) >= 11 is 0. The molecule has 0 amide bonds. The summed E-state index contributed by atoms with van der Waals surface area (Å²) in [4.78, 5) is 4.45. The van der Waals surface area contributed by atoms with Crippen molar-refractivity contribution in [1.29, 1.82) is 0 Å². The van der Waals surface area contributed by atoms with E-state index in [0.29, 0.717) is 17.4 Å². The molecule has 5 nitrogen and oxygen atoms in total. The van der Waals surface area contributed by atoms with Crippen molar-refractivity contribution in [3.63, 3.8) is 0 Å². The summed E-state index contributed by atoms with van der Waals surface area (Å²) in [6.45, 7) is 0. The third-order valence-corrected chi connectivity index (χ3v) is 4.12. The standard InChI is InChI=1S/C16H20N2O3/c19-12-8-9-13(14(20)10-12)16-17-15(18-21-16)11-6-4-2-1-3-5-7-11/h8-11,19-20H,1-7H2. The Morgan fingerprint density at radius 1 is 1.00 bits per heavy atom. The number of rotatable bonds is 2. The monoisotopic (exact) mass is 288 g/mol. The highest BCUT2D eigenvalue weighted by Gasteiger charge is 2.21. The molecule has 112 valence electrons. The molecule has 0 aliphatic heterocycles. The van der Waals surface area contributed by atoms with Crippen molar-refractivity contribution in [3.8, 4) is 23.0 Å². The van der Waals surface area contributed by atoms with Gasteiger partial charge in [0.25, 0.3) is 5.89 Å². The SMILES string of the molecule is Oc1ccc(-c2nc(C3CCCCCCC3)no2)c(O)c1. The lowest BCUT2D eigenvalue weighted by Crippen LogP contribution is -2.04.